The summed E-state index contributed by atoms with van der Waals surface area (Å²) in [6, 6.07) is 21.9. The van der Waals surface area contributed by atoms with E-state index in [0.29, 0.717) is 17.9 Å². The molecule has 1 atom stereocenters. The molecule has 0 aliphatic carbocycles. The van der Waals surface area contributed by atoms with Gasteiger partial charge in [0.05, 0.1) is 31.7 Å². The number of hydrogen-bond donors (Lipinski definition) is 0. The number of hydrogen-bond acceptors (Lipinski definition) is 5. The summed E-state index contributed by atoms with van der Waals surface area (Å²) in [5.41, 5.74) is 3.93. The van der Waals surface area contributed by atoms with E-state index in [4.69, 9.17) is 14.6 Å². The number of carbonyl (C=O) groups is 1. The van der Waals surface area contributed by atoms with Crippen molar-refractivity contribution in [1.82, 2.24) is 9.58 Å². The maximum absolute atomic E-state index is 13.8. The van der Waals surface area contributed by atoms with Crippen LogP contribution in [-0.2, 0) is 11.3 Å². The van der Waals surface area contributed by atoms with Gasteiger partial charge in [0.25, 0.3) is 5.91 Å². The number of amides is 1. The fourth-order valence-electron chi connectivity index (χ4n) is 4.93. The molecule has 0 fully saturated rings. The molecule has 1 amide bonds. The lowest BCUT2D eigenvalue weighted by atomic mass is 9.97. The normalized spacial score (nSPS) is 15.1. The van der Waals surface area contributed by atoms with Crippen LogP contribution in [0.3, 0.4) is 0 Å². The van der Waals surface area contributed by atoms with Gasteiger partial charge in [-0.15, -0.1) is 11.8 Å². The first-order chi connectivity index (χ1) is 18.5. The summed E-state index contributed by atoms with van der Waals surface area (Å²) in [6.45, 7) is 3.12. The molecule has 0 radical (unpaired) electrons. The number of halogens is 1. The molecule has 0 bridgehead atoms. The second-order valence-corrected chi connectivity index (χ2v) is 11.0. The molecular formula is C30H30BrN3O3S. The fourth-order valence-corrected chi connectivity index (χ4v) is 6.14. The van der Waals surface area contributed by atoms with Crippen molar-refractivity contribution >= 4 is 50.2 Å². The van der Waals surface area contributed by atoms with Crippen molar-refractivity contribution in [2.24, 2.45) is 5.10 Å². The Hall–Kier alpha value is -3.23. The van der Waals surface area contributed by atoms with Gasteiger partial charge >= 0.3 is 0 Å². The average Bonchev–Trinajstić information content (AvgIpc) is 3.54. The maximum Gasteiger partial charge on any atom is 0.253 e. The van der Waals surface area contributed by atoms with E-state index in [0.717, 1.165) is 39.2 Å². The molecule has 1 unspecified atom stereocenters. The zero-order valence-electron chi connectivity index (χ0n) is 21.7. The Balaban J connectivity index is 1.46. The zero-order chi connectivity index (χ0) is 26.6. The number of carbonyl (C=O) groups excluding carboxylic acids is 1. The topological polar surface area (TPSA) is 56.1 Å². The summed E-state index contributed by atoms with van der Waals surface area (Å²) < 4.78 is 14.6. The number of hydrazone groups is 1. The molecule has 38 heavy (non-hydrogen) atoms. The molecular weight excluding hydrogens is 562 g/mol. The van der Waals surface area contributed by atoms with Crippen LogP contribution in [0.4, 0.5) is 0 Å². The second-order valence-electron chi connectivity index (χ2n) is 9.09. The summed E-state index contributed by atoms with van der Waals surface area (Å²) in [7, 11) is 3.25. The van der Waals surface area contributed by atoms with Crippen molar-refractivity contribution in [3.05, 3.63) is 88.5 Å². The van der Waals surface area contributed by atoms with Gasteiger partial charge in [-0.25, -0.2) is 5.01 Å². The fraction of sp³-hybridized carbons (Fsp3) is 0.267. The van der Waals surface area contributed by atoms with E-state index in [1.54, 1.807) is 31.0 Å². The van der Waals surface area contributed by atoms with Crippen molar-refractivity contribution in [1.29, 1.82) is 0 Å². The lowest BCUT2D eigenvalue weighted by molar-refractivity contribution is -0.130. The van der Waals surface area contributed by atoms with Crippen LogP contribution in [0.25, 0.3) is 10.9 Å². The first-order valence-electron chi connectivity index (χ1n) is 12.6. The number of para-hydroxylation sites is 2. The molecule has 0 saturated carbocycles. The number of rotatable bonds is 9. The van der Waals surface area contributed by atoms with Crippen molar-refractivity contribution < 1.29 is 14.3 Å². The summed E-state index contributed by atoms with van der Waals surface area (Å²) in [5.74, 6) is 1.48. The molecule has 8 heteroatoms. The molecule has 2 heterocycles. The van der Waals surface area contributed by atoms with Crippen molar-refractivity contribution in [2.75, 3.05) is 20.0 Å². The van der Waals surface area contributed by atoms with Gasteiger partial charge in [0.1, 0.15) is 0 Å². The van der Waals surface area contributed by atoms with E-state index >= 15 is 0 Å². The lowest BCUT2D eigenvalue weighted by Gasteiger charge is -2.24. The monoisotopic (exact) mass is 591 g/mol. The number of methoxy groups -OCH3 is 2. The first-order valence-corrected chi connectivity index (χ1v) is 14.4. The number of benzene rings is 3. The number of ether oxygens (including phenoxy) is 2. The summed E-state index contributed by atoms with van der Waals surface area (Å²) in [4.78, 5) is 14.9. The van der Waals surface area contributed by atoms with Gasteiger partial charge in [0.15, 0.2) is 11.5 Å². The average molecular weight is 593 g/mol. The van der Waals surface area contributed by atoms with Crippen molar-refractivity contribution in [3.63, 3.8) is 0 Å². The Morgan fingerprint density at radius 2 is 1.84 bits per heavy atom. The molecule has 0 saturated heterocycles. The van der Waals surface area contributed by atoms with E-state index in [2.05, 4.69) is 51.8 Å². The van der Waals surface area contributed by atoms with Crippen molar-refractivity contribution in [2.45, 2.75) is 37.2 Å². The van der Waals surface area contributed by atoms with Crippen LogP contribution in [0.15, 0.2) is 87.4 Å². The first kappa shape index (κ1) is 26.4. The van der Waals surface area contributed by atoms with Crippen LogP contribution < -0.4 is 9.47 Å². The minimum Gasteiger partial charge on any atom is -0.493 e. The van der Waals surface area contributed by atoms with Gasteiger partial charge in [-0.05, 0) is 36.2 Å². The van der Waals surface area contributed by atoms with Crippen molar-refractivity contribution in [3.8, 4) is 11.5 Å². The van der Waals surface area contributed by atoms with Gasteiger partial charge in [-0.1, -0.05) is 65.3 Å². The molecule has 3 aromatic carbocycles. The third-order valence-electron chi connectivity index (χ3n) is 6.70. The van der Waals surface area contributed by atoms with Crippen LogP contribution in [0, 0.1) is 0 Å². The van der Waals surface area contributed by atoms with Gasteiger partial charge in [0, 0.05) is 45.0 Å². The smallest absolute Gasteiger partial charge is 0.253 e. The molecule has 6 nitrogen and oxygen atoms in total. The van der Waals surface area contributed by atoms with E-state index in [-0.39, 0.29) is 17.7 Å². The van der Waals surface area contributed by atoms with Crippen LogP contribution in [-0.4, -0.2) is 41.2 Å². The minimum atomic E-state index is -0.298. The Morgan fingerprint density at radius 3 is 2.58 bits per heavy atom. The third-order valence-corrected chi connectivity index (χ3v) is 8.26. The van der Waals surface area contributed by atoms with E-state index in [1.807, 2.05) is 48.5 Å². The maximum atomic E-state index is 13.8. The van der Waals surface area contributed by atoms with Crippen LogP contribution in [0.1, 0.15) is 36.9 Å². The minimum absolute atomic E-state index is 0.0516. The molecule has 196 valence electrons. The molecule has 1 aliphatic heterocycles. The van der Waals surface area contributed by atoms with Gasteiger partial charge in [0.2, 0.25) is 0 Å². The third kappa shape index (κ3) is 5.20. The predicted octanol–water partition coefficient (Wildman–Crippen LogP) is 7.30. The number of nitrogens with zero attached hydrogens (tertiary/aromatic N) is 3. The molecule has 1 aliphatic rings. The zero-order valence-corrected chi connectivity index (χ0v) is 24.1. The Kier molecular flexibility index (Phi) is 8.09. The SMILES string of the molecule is CCCn1cc(SCC(=O)N2N=C(c3ccc(Br)cc3)CC2c2cccc(OC)c2OC)c2ccccc21. The Morgan fingerprint density at radius 1 is 1.05 bits per heavy atom. The Labute approximate surface area is 235 Å². The summed E-state index contributed by atoms with van der Waals surface area (Å²) in [6.07, 6.45) is 3.79. The lowest BCUT2D eigenvalue weighted by Crippen LogP contribution is -2.28. The molecule has 0 spiro atoms. The van der Waals surface area contributed by atoms with Crippen LogP contribution in [0.2, 0.25) is 0 Å². The second kappa shape index (κ2) is 11.7. The Bertz CT molecular complexity index is 1480. The van der Waals surface area contributed by atoms with Gasteiger partial charge in [-0.3, -0.25) is 4.79 Å². The highest BCUT2D eigenvalue weighted by Crippen LogP contribution is 2.42. The number of aryl methyl sites for hydroxylation is 1. The highest BCUT2D eigenvalue weighted by Gasteiger charge is 2.35. The number of thioether (sulfide) groups is 1. The van der Waals surface area contributed by atoms with E-state index in [9.17, 15) is 4.79 Å². The van der Waals surface area contributed by atoms with Gasteiger partial charge < -0.3 is 14.0 Å². The molecule has 4 aromatic rings. The van der Waals surface area contributed by atoms with Crippen LogP contribution in [0.5, 0.6) is 11.5 Å². The van der Waals surface area contributed by atoms with E-state index < -0.39 is 0 Å². The number of aromatic nitrogens is 1. The molecule has 5 rings (SSSR count). The summed E-state index contributed by atoms with van der Waals surface area (Å²) in [5, 5.41) is 7.66. The quantitative estimate of drug-likeness (QED) is 0.192. The number of fused-ring (bicyclic) bond motifs is 1. The van der Waals surface area contributed by atoms with Crippen LogP contribution >= 0.6 is 27.7 Å². The highest BCUT2D eigenvalue weighted by molar-refractivity contribution is 9.10. The van der Waals surface area contributed by atoms with Gasteiger partial charge in [-0.2, -0.15) is 5.10 Å². The largest absolute Gasteiger partial charge is 0.493 e. The molecule has 0 N–H and O–H groups in total. The highest BCUT2D eigenvalue weighted by atomic mass is 79.9. The molecule has 1 aromatic heterocycles. The van der Waals surface area contributed by atoms with E-state index in [1.165, 1.54) is 10.9 Å². The predicted molar refractivity (Wildman–Crippen MR) is 157 cm³/mol. The standard InChI is InChI=1S/C30H30BrN3O3S/c1-4-16-33-18-28(22-8-5-6-10-25(22)33)38-19-29(35)34-26(23-9-7-11-27(36-2)30(23)37-3)17-24(32-34)20-12-14-21(31)15-13-20/h5-15,18,26H,4,16-17,19H2,1-3H3. The summed E-state index contributed by atoms with van der Waals surface area (Å²) >= 11 is 5.07.